The lowest BCUT2D eigenvalue weighted by molar-refractivity contribution is -0.160. The molecular formula is C24H28N2O4S. The van der Waals surface area contributed by atoms with E-state index in [9.17, 15) is 9.90 Å². The first-order chi connectivity index (χ1) is 14.6. The maximum absolute atomic E-state index is 12.4. The number of aliphatic carboxylic acids is 1. The highest BCUT2D eigenvalue weighted by Crippen LogP contribution is 2.46. The highest BCUT2D eigenvalue weighted by atomic mass is 32.1. The summed E-state index contributed by atoms with van der Waals surface area (Å²) in [4.78, 5) is 18.3. The molecule has 164 valence electrons. The van der Waals surface area contributed by atoms with Crippen LogP contribution in [0.25, 0.3) is 21.3 Å². The first-order valence-corrected chi connectivity index (χ1v) is 11.2. The number of benzene rings is 1. The Labute approximate surface area is 186 Å². The smallest absolute Gasteiger partial charge is 0.337 e. The Kier molecular flexibility index (Phi) is 5.43. The maximum Gasteiger partial charge on any atom is 0.337 e. The van der Waals surface area contributed by atoms with Crippen LogP contribution in [-0.4, -0.2) is 34.8 Å². The van der Waals surface area contributed by atoms with Crippen molar-refractivity contribution in [3.8, 4) is 16.9 Å². The molecule has 1 aliphatic rings. The van der Waals surface area contributed by atoms with Crippen molar-refractivity contribution in [3.63, 3.8) is 0 Å². The Morgan fingerprint density at radius 3 is 2.71 bits per heavy atom. The van der Waals surface area contributed by atoms with E-state index in [4.69, 9.17) is 14.5 Å². The lowest BCUT2D eigenvalue weighted by Crippen LogP contribution is -2.28. The maximum atomic E-state index is 12.4. The van der Waals surface area contributed by atoms with Crippen LogP contribution in [0.4, 0.5) is 5.69 Å². The second-order valence-electron chi connectivity index (χ2n) is 8.89. The summed E-state index contributed by atoms with van der Waals surface area (Å²) in [5.41, 5.74) is 5.34. The topological polar surface area (TPSA) is 80.7 Å². The van der Waals surface area contributed by atoms with Crippen molar-refractivity contribution in [1.82, 2.24) is 4.98 Å². The van der Waals surface area contributed by atoms with Crippen molar-refractivity contribution in [2.24, 2.45) is 0 Å². The zero-order valence-electron chi connectivity index (χ0n) is 18.8. The molecule has 0 radical (unpaired) electrons. The normalized spacial score (nSPS) is 14.6. The summed E-state index contributed by atoms with van der Waals surface area (Å²) in [6.07, 6.45) is -1.13. The summed E-state index contributed by atoms with van der Waals surface area (Å²) >= 11 is 1.63. The molecule has 0 saturated heterocycles. The fourth-order valence-corrected chi connectivity index (χ4v) is 5.14. The van der Waals surface area contributed by atoms with Crippen molar-refractivity contribution < 1.29 is 19.4 Å². The van der Waals surface area contributed by atoms with E-state index in [1.165, 1.54) is 0 Å². The van der Waals surface area contributed by atoms with E-state index in [2.05, 4.69) is 11.4 Å². The summed E-state index contributed by atoms with van der Waals surface area (Å²) < 4.78 is 12.8. The number of carboxylic acid groups (broad SMARTS) is 1. The predicted octanol–water partition coefficient (Wildman–Crippen LogP) is 5.63. The molecule has 7 heteroatoms. The van der Waals surface area contributed by atoms with Gasteiger partial charge in [-0.25, -0.2) is 4.79 Å². The zero-order chi connectivity index (χ0) is 22.5. The molecule has 1 aliphatic heterocycles. The molecular weight excluding hydrogens is 412 g/mol. The number of thiophene rings is 1. The molecule has 31 heavy (non-hydrogen) atoms. The highest BCUT2D eigenvalue weighted by Gasteiger charge is 2.33. The Bertz CT molecular complexity index is 1180. The van der Waals surface area contributed by atoms with E-state index in [1.54, 1.807) is 11.3 Å². The lowest BCUT2D eigenvalue weighted by Gasteiger charge is -2.28. The molecule has 1 atom stereocenters. The van der Waals surface area contributed by atoms with Gasteiger partial charge in [0.25, 0.3) is 0 Å². The standard InChI is InChI=1S/C24H28N2O4S/c1-12-11-16-22(31-12)19(15-7-8-17-20(13(15)2)25-9-10-29-17)18(14(3)26-16)21(23(27)28)30-24(4,5)6/h7-8,11,21,25H,9-10H2,1-6H3,(H,27,28)/t21-/m0/s1. The number of hydrogen-bond donors (Lipinski definition) is 2. The van der Waals surface area contributed by atoms with Crippen LogP contribution in [0, 0.1) is 20.8 Å². The average Bonchev–Trinajstić information content (AvgIpc) is 3.05. The Hall–Kier alpha value is -2.64. The molecule has 0 bridgehead atoms. The van der Waals surface area contributed by atoms with Crippen molar-refractivity contribution >= 4 is 33.2 Å². The van der Waals surface area contributed by atoms with Crippen molar-refractivity contribution in [1.29, 1.82) is 0 Å². The van der Waals surface area contributed by atoms with E-state index < -0.39 is 17.7 Å². The van der Waals surface area contributed by atoms with Gasteiger partial charge in [0.2, 0.25) is 0 Å². The second kappa shape index (κ2) is 7.80. The second-order valence-corrected chi connectivity index (χ2v) is 10.1. The fourth-order valence-electron chi connectivity index (χ4n) is 4.12. The number of ether oxygens (including phenoxy) is 2. The number of aromatic nitrogens is 1. The van der Waals surface area contributed by atoms with Gasteiger partial charge >= 0.3 is 5.97 Å². The summed E-state index contributed by atoms with van der Waals surface area (Å²) in [6, 6.07) is 6.02. The van der Waals surface area contributed by atoms with E-state index in [1.807, 2.05) is 53.7 Å². The molecule has 6 nitrogen and oxygen atoms in total. The van der Waals surface area contributed by atoms with Crippen LogP contribution in [-0.2, 0) is 9.53 Å². The number of pyridine rings is 1. The number of carboxylic acids is 1. The van der Waals surface area contributed by atoms with Gasteiger partial charge in [0.15, 0.2) is 6.10 Å². The third-order valence-corrected chi connectivity index (χ3v) is 6.38. The number of fused-ring (bicyclic) bond motifs is 2. The largest absolute Gasteiger partial charge is 0.490 e. The third-order valence-electron chi connectivity index (χ3n) is 5.33. The van der Waals surface area contributed by atoms with Crippen LogP contribution >= 0.6 is 11.3 Å². The van der Waals surface area contributed by atoms with Gasteiger partial charge in [0.1, 0.15) is 12.4 Å². The average molecular weight is 441 g/mol. The summed E-state index contributed by atoms with van der Waals surface area (Å²) in [6.45, 7) is 12.9. The first-order valence-electron chi connectivity index (χ1n) is 10.4. The van der Waals surface area contributed by atoms with Crippen molar-refractivity contribution in [2.75, 3.05) is 18.5 Å². The van der Waals surface area contributed by atoms with Crippen molar-refractivity contribution in [2.45, 2.75) is 53.2 Å². The summed E-state index contributed by atoms with van der Waals surface area (Å²) in [5.74, 6) is -0.204. The highest BCUT2D eigenvalue weighted by molar-refractivity contribution is 7.19. The van der Waals surface area contributed by atoms with Crippen LogP contribution in [0.2, 0.25) is 0 Å². The molecule has 0 fully saturated rings. The molecule has 0 spiro atoms. The molecule has 0 saturated carbocycles. The Morgan fingerprint density at radius 2 is 2.03 bits per heavy atom. The minimum atomic E-state index is -1.13. The third kappa shape index (κ3) is 4.00. The quantitative estimate of drug-likeness (QED) is 0.547. The van der Waals surface area contributed by atoms with Crippen LogP contribution in [0.15, 0.2) is 18.2 Å². The first kappa shape index (κ1) is 21.6. The van der Waals surface area contributed by atoms with Gasteiger partial charge in [0, 0.05) is 28.2 Å². The zero-order valence-corrected chi connectivity index (χ0v) is 19.6. The van der Waals surface area contributed by atoms with E-state index >= 15 is 0 Å². The minimum Gasteiger partial charge on any atom is -0.490 e. The molecule has 3 aromatic rings. The molecule has 0 amide bonds. The fraction of sp³-hybridized carbons (Fsp3) is 0.417. The number of nitrogens with one attached hydrogen (secondary N) is 1. The van der Waals surface area contributed by atoms with E-state index in [-0.39, 0.29) is 0 Å². The molecule has 2 aromatic heterocycles. The molecule has 1 aromatic carbocycles. The molecule has 4 rings (SSSR count). The minimum absolute atomic E-state index is 0.608. The van der Waals surface area contributed by atoms with Crippen LogP contribution < -0.4 is 10.1 Å². The number of carbonyl (C=O) groups is 1. The monoisotopic (exact) mass is 440 g/mol. The van der Waals surface area contributed by atoms with Crippen molar-refractivity contribution in [3.05, 3.63) is 39.9 Å². The molecule has 0 aliphatic carbocycles. The van der Waals surface area contributed by atoms with E-state index in [0.29, 0.717) is 17.9 Å². The van der Waals surface area contributed by atoms with Gasteiger partial charge in [-0.1, -0.05) is 6.07 Å². The summed E-state index contributed by atoms with van der Waals surface area (Å²) in [5, 5.41) is 13.6. The number of nitrogens with zero attached hydrogens (tertiary/aromatic N) is 1. The van der Waals surface area contributed by atoms with Gasteiger partial charge in [-0.15, -0.1) is 11.3 Å². The van der Waals surface area contributed by atoms with Gasteiger partial charge in [0.05, 0.1) is 21.5 Å². The van der Waals surface area contributed by atoms with Crippen LogP contribution in [0.1, 0.15) is 48.6 Å². The molecule has 2 N–H and O–H groups in total. The van der Waals surface area contributed by atoms with Gasteiger partial charge in [-0.3, -0.25) is 4.98 Å². The Balaban J connectivity index is 2.06. The van der Waals surface area contributed by atoms with Crippen LogP contribution in [0.5, 0.6) is 5.75 Å². The molecule has 3 heterocycles. The number of aryl methyl sites for hydroxylation is 2. The molecule has 0 unspecified atom stereocenters. The lowest BCUT2D eigenvalue weighted by atomic mass is 9.90. The SMILES string of the molecule is Cc1cc2nc(C)c([C@H](OC(C)(C)C)C(=O)O)c(-c3ccc4c(c3C)NCCO4)c2s1. The number of anilines is 1. The number of rotatable bonds is 4. The van der Waals surface area contributed by atoms with Crippen LogP contribution in [0.3, 0.4) is 0 Å². The number of hydrogen-bond acceptors (Lipinski definition) is 6. The Morgan fingerprint density at radius 1 is 1.29 bits per heavy atom. The van der Waals surface area contributed by atoms with E-state index in [0.717, 1.165) is 49.8 Å². The van der Waals surface area contributed by atoms with Gasteiger partial charge in [-0.2, -0.15) is 0 Å². The summed E-state index contributed by atoms with van der Waals surface area (Å²) in [7, 11) is 0. The predicted molar refractivity (Wildman–Crippen MR) is 124 cm³/mol. The van der Waals surface area contributed by atoms with Gasteiger partial charge < -0.3 is 19.9 Å². The van der Waals surface area contributed by atoms with Gasteiger partial charge in [-0.05, 0) is 64.8 Å².